The van der Waals surface area contributed by atoms with Gasteiger partial charge in [-0.05, 0) is 48.1 Å². The number of fused-ring (bicyclic) bond motifs is 1. The zero-order valence-corrected chi connectivity index (χ0v) is 13.0. The van der Waals surface area contributed by atoms with Gasteiger partial charge < -0.3 is 5.73 Å². The normalized spacial score (nSPS) is 16.5. The Kier molecular flexibility index (Phi) is 4.09. The Morgan fingerprint density at radius 3 is 2.52 bits per heavy atom. The van der Waals surface area contributed by atoms with E-state index in [2.05, 4.69) is 61.2 Å². The number of aryl methyl sites for hydroxylation is 2. The van der Waals surface area contributed by atoms with Crippen molar-refractivity contribution in [2.75, 3.05) is 13.1 Å². The molecule has 0 radical (unpaired) electrons. The number of hydrogen-bond acceptors (Lipinski definition) is 2. The average molecular weight is 280 g/mol. The fourth-order valence-electron chi connectivity index (χ4n) is 3.25. The van der Waals surface area contributed by atoms with Crippen molar-refractivity contribution in [1.82, 2.24) is 4.90 Å². The van der Waals surface area contributed by atoms with E-state index < -0.39 is 0 Å². The van der Waals surface area contributed by atoms with Crippen LogP contribution in [0.2, 0.25) is 0 Å². The van der Waals surface area contributed by atoms with Crippen LogP contribution in [0.25, 0.3) is 0 Å². The third-order valence-corrected chi connectivity index (χ3v) is 4.74. The molecule has 0 aliphatic carbocycles. The first-order valence-corrected chi connectivity index (χ1v) is 7.77. The molecular formula is C19H24N2. The molecule has 1 heterocycles. The highest BCUT2D eigenvalue weighted by atomic mass is 15.2. The van der Waals surface area contributed by atoms with E-state index in [4.69, 9.17) is 5.73 Å². The molecule has 0 saturated carbocycles. The van der Waals surface area contributed by atoms with Crippen LogP contribution in [0.4, 0.5) is 0 Å². The molecule has 0 fully saturated rings. The molecule has 0 saturated heterocycles. The summed E-state index contributed by atoms with van der Waals surface area (Å²) in [5.41, 5.74) is 13.1. The van der Waals surface area contributed by atoms with Gasteiger partial charge in [0.25, 0.3) is 0 Å². The highest BCUT2D eigenvalue weighted by molar-refractivity contribution is 5.33. The maximum Gasteiger partial charge on any atom is 0.0474 e. The van der Waals surface area contributed by atoms with Crippen LogP contribution in [0.1, 0.15) is 33.9 Å². The summed E-state index contributed by atoms with van der Waals surface area (Å²) in [5, 5.41) is 0. The van der Waals surface area contributed by atoms with Crippen LogP contribution in [0.3, 0.4) is 0 Å². The van der Waals surface area contributed by atoms with Crippen molar-refractivity contribution in [2.45, 2.75) is 32.9 Å². The third-order valence-electron chi connectivity index (χ3n) is 4.74. The lowest BCUT2D eigenvalue weighted by Crippen LogP contribution is -2.37. The van der Waals surface area contributed by atoms with Gasteiger partial charge >= 0.3 is 0 Å². The first kappa shape index (κ1) is 14.3. The van der Waals surface area contributed by atoms with Gasteiger partial charge in [0.15, 0.2) is 0 Å². The van der Waals surface area contributed by atoms with Crippen LogP contribution < -0.4 is 5.73 Å². The van der Waals surface area contributed by atoms with E-state index in [1.54, 1.807) is 0 Å². The Morgan fingerprint density at radius 1 is 1.05 bits per heavy atom. The summed E-state index contributed by atoms with van der Waals surface area (Å²) in [6, 6.07) is 15.8. The number of hydrogen-bond donors (Lipinski definition) is 1. The molecule has 0 spiro atoms. The molecule has 3 rings (SSSR count). The molecule has 2 aromatic rings. The maximum atomic E-state index is 6.10. The Morgan fingerprint density at radius 2 is 1.81 bits per heavy atom. The largest absolute Gasteiger partial charge is 0.329 e. The van der Waals surface area contributed by atoms with Crippen LogP contribution in [-0.2, 0) is 13.0 Å². The van der Waals surface area contributed by atoms with Crippen molar-refractivity contribution >= 4 is 0 Å². The van der Waals surface area contributed by atoms with E-state index in [0.29, 0.717) is 12.6 Å². The Bertz CT molecular complexity index is 633. The zero-order chi connectivity index (χ0) is 14.8. The second-order valence-electron chi connectivity index (χ2n) is 6.08. The first-order valence-electron chi connectivity index (χ1n) is 7.77. The monoisotopic (exact) mass is 280 g/mol. The molecule has 2 N–H and O–H groups in total. The van der Waals surface area contributed by atoms with Crippen molar-refractivity contribution in [1.29, 1.82) is 0 Å². The molecular weight excluding hydrogens is 256 g/mol. The smallest absolute Gasteiger partial charge is 0.0474 e. The molecule has 2 nitrogen and oxygen atoms in total. The maximum absolute atomic E-state index is 6.10. The SMILES string of the molecule is Cc1ccc(C(CN)N2CCc3ccccc3C2)cc1C. The van der Waals surface area contributed by atoms with E-state index in [1.165, 1.54) is 27.8 Å². The summed E-state index contributed by atoms with van der Waals surface area (Å²) < 4.78 is 0. The summed E-state index contributed by atoms with van der Waals surface area (Å²) in [4.78, 5) is 2.52. The predicted octanol–water partition coefficient (Wildman–Crippen LogP) is 3.36. The molecule has 0 bridgehead atoms. The summed E-state index contributed by atoms with van der Waals surface area (Å²) in [5.74, 6) is 0. The van der Waals surface area contributed by atoms with Crippen LogP contribution in [0.5, 0.6) is 0 Å². The second kappa shape index (κ2) is 6.00. The first-order chi connectivity index (χ1) is 10.2. The van der Waals surface area contributed by atoms with Gasteiger partial charge in [-0.2, -0.15) is 0 Å². The van der Waals surface area contributed by atoms with Crippen molar-refractivity contribution < 1.29 is 0 Å². The van der Waals surface area contributed by atoms with Crippen molar-refractivity contribution in [2.24, 2.45) is 5.73 Å². The van der Waals surface area contributed by atoms with Gasteiger partial charge in [0, 0.05) is 25.7 Å². The highest BCUT2D eigenvalue weighted by Gasteiger charge is 2.23. The van der Waals surface area contributed by atoms with Gasteiger partial charge in [0.1, 0.15) is 0 Å². The lowest BCUT2D eigenvalue weighted by Gasteiger charge is -2.35. The van der Waals surface area contributed by atoms with E-state index in [0.717, 1.165) is 19.5 Å². The Balaban J connectivity index is 1.86. The molecule has 2 heteroatoms. The molecule has 2 aromatic carbocycles. The van der Waals surface area contributed by atoms with Gasteiger partial charge in [-0.3, -0.25) is 4.90 Å². The standard InChI is InChI=1S/C19H24N2/c1-14-7-8-17(11-15(14)2)19(12-20)21-10-9-16-5-3-4-6-18(16)13-21/h3-8,11,19H,9-10,12-13,20H2,1-2H3. The van der Waals surface area contributed by atoms with Gasteiger partial charge in [-0.1, -0.05) is 42.5 Å². The number of nitrogens with two attached hydrogens (primary N) is 1. The van der Waals surface area contributed by atoms with Gasteiger partial charge in [0.2, 0.25) is 0 Å². The Hall–Kier alpha value is -1.64. The van der Waals surface area contributed by atoms with Crippen molar-refractivity contribution in [3.8, 4) is 0 Å². The van der Waals surface area contributed by atoms with E-state index in [-0.39, 0.29) is 0 Å². The zero-order valence-electron chi connectivity index (χ0n) is 13.0. The van der Waals surface area contributed by atoms with E-state index in [9.17, 15) is 0 Å². The molecule has 1 atom stereocenters. The molecule has 21 heavy (non-hydrogen) atoms. The topological polar surface area (TPSA) is 29.3 Å². The lowest BCUT2D eigenvalue weighted by molar-refractivity contribution is 0.183. The fourth-order valence-corrected chi connectivity index (χ4v) is 3.25. The van der Waals surface area contributed by atoms with Gasteiger partial charge in [-0.15, -0.1) is 0 Å². The lowest BCUT2D eigenvalue weighted by atomic mass is 9.95. The predicted molar refractivity (Wildman–Crippen MR) is 88.3 cm³/mol. The third kappa shape index (κ3) is 2.87. The minimum absolute atomic E-state index is 0.317. The number of rotatable bonds is 3. The number of nitrogens with zero attached hydrogens (tertiary/aromatic N) is 1. The fraction of sp³-hybridized carbons (Fsp3) is 0.368. The molecule has 1 aliphatic rings. The summed E-state index contributed by atoms with van der Waals surface area (Å²) in [6.07, 6.45) is 1.12. The second-order valence-corrected chi connectivity index (χ2v) is 6.08. The Labute approximate surface area is 127 Å². The van der Waals surface area contributed by atoms with Crippen molar-refractivity contribution in [3.63, 3.8) is 0 Å². The molecule has 0 amide bonds. The quantitative estimate of drug-likeness (QED) is 0.934. The minimum atomic E-state index is 0.317. The summed E-state index contributed by atoms with van der Waals surface area (Å²) >= 11 is 0. The summed E-state index contributed by atoms with van der Waals surface area (Å²) in [6.45, 7) is 7.10. The van der Waals surface area contributed by atoms with E-state index in [1.807, 2.05) is 0 Å². The van der Waals surface area contributed by atoms with E-state index >= 15 is 0 Å². The molecule has 1 aliphatic heterocycles. The van der Waals surface area contributed by atoms with Crippen LogP contribution >= 0.6 is 0 Å². The average Bonchev–Trinajstić information content (AvgIpc) is 2.51. The van der Waals surface area contributed by atoms with Crippen LogP contribution in [0.15, 0.2) is 42.5 Å². The van der Waals surface area contributed by atoms with Gasteiger partial charge in [0.05, 0.1) is 0 Å². The number of benzene rings is 2. The van der Waals surface area contributed by atoms with Crippen LogP contribution in [0, 0.1) is 13.8 Å². The molecule has 0 aromatic heterocycles. The van der Waals surface area contributed by atoms with Gasteiger partial charge in [-0.25, -0.2) is 0 Å². The van der Waals surface area contributed by atoms with Crippen LogP contribution in [-0.4, -0.2) is 18.0 Å². The molecule has 1 unspecified atom stereocenters. The molecule has 110 valence electrons. The summed E-state index contributed by atoms with van der Waals surface area (Å²) in [7, 11) is 0. The van der Waals surface area contributed by atoms with Crippen molar-refractivity contribution in [3.05, 3.63) is 70.3 Å². The minimum Gasteiger partial charge on any atom is -0.329 e. The highest BCUT2D eigenvalue weighted by Crippen LogP contribution is 2.28.